The SMILES string of the molecule is COc1ccc(S(=O)(=O)Nc2nc(C)c(C(=O)Nc3ccc(C)cc3OC)s2)cc1. The van der Waals surface area contributed by atoms with Crippen LogP contribution in [-0.4, -0.2) is 33.5 Å². The fourth-order valence-corrected chi connectivity index (χ4v) is 4.76. The molecule has 1 aromatic heterocycles. The van der Waals surface area contributed by atoms with Crippen LogP contribution in [0.3, 0.4) is 0 Å². The number of sulfonamides is 1. The zero-order valence-electron chi connectivity index (χ0n) is 16.8. The number of hydrogen-bond donors (Lipinski definition) is 2. The number of anilines is 2. The minimum Gasteiger partial charge on any atom is -0.497 e. The summed E-state index contributed by atoms with van der Waals surface area (Å²) in [7, 11) is -0.830. The monoisotopic (exact) mass is 447 g/mol. The quantitative estimate of drug-likeness (QED) is 0.570. The van der Waals surface area contributed by atoms with E-state index in [1.807, 2.05) is 19.1 Å². The van der Waals surface area contributed by atoms with Crippen LogP contribution in [0.5, 0.6) is 11.5 Å². The molecule has 0 spiro atoms. The lowest BCUT2D eigenvalue weighted by Crippen LogP contribution is -2.12. The fourth-order valence-electron chi connectivity index (χ4n) is 2.66. The summed E-state index contributed by atoms with van der Waals surface area (Å²) in [5.74, 6) is 0.678. The maximum atomic E-state index is 12.7. The molecule has 1 amide bonds. The van der Waals surface area contributed by atoms with E-state index < -0.39 is 15.9 Å². The zero-order chi connectivity index (χ0) is 21.9. The predicted octanol–water partition coefficient (Wildman–Crippen LogP) is 3.83. The van der Waals surface area contributed by atoms with Gasteiger partial charge in [-0.05, 0) is 55.8 Å². The highest BCUT2D eigenvalue weighted by atomic mass is 32.2. The molecule has 30 heavy (non-hydrogen) atoms. The average Bonchev–Trinajstić information content (AvgIpc) is 3.08. The van der Waals surface area contributed by atoms with Crippen molar-refractivity contribution in [2.75, 3.05) is 24.3 Å². The second kappa shape index (κ2) is 8.72. The van der Waals surface area contributed by atoms with E-state index in [2.05, 4.69) is 15.0 Å². The maximum Gasteiger partial charge on any atom is 0.267 e. The van der Waals surface area contributed by atoms with E-state index in [-0.39, 0.29) is 10.0 Å². The molecule has 0 unspecified atom stereocenters. The number of methoxy groups -OCH3 is 2. The van der Waals surface area contributed by atoms with Crippen LogP contribution in [0, 0.1) is 13.8 Å². The van der Waals surface area contributed by atoms with Crippen LogP contribution in [0.15, 0.2) is 47.4 Å². The lowest BCUT2D eigenvalue weighted by Gasteiger charge is -2.10. The van der Waals surface area contributed by atoms with Gasteiger partial charge in [0.2, 0.25) is 0 Å². The minimum atomic E-state index is -3.85. The molecule has 0 atom stereocenters. The number of nitrogens with zero attached hydrogens (tertiary/aromatic N) is 1. The van der Waals surface area contributed by atoms with Crippen molar-refractivity contribution in [1.29, 1.82) is 0 Å². The van der Waals surface area contributed by atoms with E-state index in [0.717, 1.165) is 16.9 Å². The van der Waals surface area contributed by atoms with E-state index in [1.54, 1.807) is 25.1 Å². The molecule has 0 aliphatic rings. The number of benzene rings is 2. The summed E-state index contributed by atoms with van der Waals surface area (Å²) in [6.07, 6.45) is 0. The van der Waals surface area contributed by atoms with Crippen molar-refractivity contribution in [2.24, 2.45) is 0 Å². The molecule has 8 nitrogen and oxygen atoms in total. The summed E-state index contributed by atoms with van der Waals surface area (Å²) in [6.45, 7) is 3.56. The van der Waals surface area contributed by atoms with Crippen molar-refractivity contribution in [3.63, 3.8) is 0 Å². The molecule has 2 N–H and O–H groups in total. The molecule has 0 aliphatic heterocycles. The van der Waals surface area contributed by atoms with E-state index in [1.165, 1.54) is 26.4 Å². The fraction of sp³-hybridized carbons (Fsp3) is 0.200. The molecule has 1 heterocycles. The summed E-state index contributed by atoms with van der Waals surface area (Å²) in [5.41, 5.74) is 1.92. The first kappa shape index (κ1) is 21.6. The highest BCUT2D eigenvalue weighted by Crippen LogP contribution is 2.29. The van der Waals surface area contributed by atoms with Gasteiger partial charge in [-0.1, -0.05) is 17.4 Å². The molecule has 158 valence electrons. The molecule has 0 radical (unpaired) electrons. The third-order valence-corrected chi connectivity index (χ3v) is 6.76. The van der Waals surface area contributed by atoms with Crippen molar-refractivity contribution in [3.8, 4) is 11.5 Å². The predicted molar refractivity (Wildman–Crippen MR) is 116 cm³/mol. The largest absolute Gasteiger partial charge is 0.497 e. The van der Waals surface area contributed by atoms with Crippen molar-refractivity contribution in [2.45, 2.75) is 18.7 Å². The van der Waals surface area contributed by atoms with E-state index >= 15 is 0 Å². The van der Waals surface area contributed by atoms with Gasteiger partial charge in [0.1, 0.15) is 16.4 Å². The van der Waals surface area contributed by atoms with Crippen LogP contribution in [0.1, 0.15) is 20.9 Å². The first-order valence-electron chi connectivity index (χ1n) is 8.84. The Morgan fingerprint density at radius 3 is 2.37 bits per heavy atom. The van der Waals surface area contributed by atoms with Crippen molar-refractivity contribution in [3.05, 3.63) is 58.6 Å². The normalized spacial score (nSPS) is 11.1. The molecule has 0 saturated heterocycles. The van der Waals surface area contributed by atoms with E-state index in [0.29, 0.717) is 27.8 Å². The third kappa shape index (κ3) is 4.71. The molecule has 0 fully saturated rings. The molecule has 0 bridgehead atoms. The van der Waals surface area contributed by atoms with Crippen LogP contribution in [0.2, 0.25) is 0 Å². The van der Waals surface area contributed by atoms with Gasteiger partial charge in [-0.25, -0.2) is 13.4 Å². The third-order valence-electron chi connectivity index (χ3n) is 4.20. The van der Waals surface area contributed by atoms with Crippen molar-refractivity contribution in [1.82, 2.24) is 4.98 Å². The smallest absolute Gasteiger partial charge is 0.267 e. The Kier molecular flexibility index (Phi) is 6.28. The van der Waals surface area contributed by atoms with E-state index in [4.69, 9.17) is 9.47 Å². The number of aromatic nitrogens is 1. The Morgan fingerprint density at radius 1 is 1.03 bits per heavy atom. The summed E-state index contributed by atoms with van der Waals surface area (Å²) in [5, 5.41) is 2.88. The van der Waals surface area contributed by atoms with Gasteiger partial charge in [-0.2, -0.15) is 0 Å². The molecular formula is C20H21N3O5S2. The number of rotatable bonds is 7. The number of ether oxygens (including phenoxy) is 2. The number of thiazole rings is 1. The van der Waals surface area contributed by atoms with Gasteiger partial charge < -0.3 is 14.8 Å². The topological polar surface area (TPSA) is 107 Å². The summed E-state index contributed by atoms with van der Waals surface area (Å²) >= 11 is 0.954. The summed E-state index contributed by atoms with van der Waals surface area (Å²) in [4.78, 5) is 17.3. The van der Waals surface area contributed by atoms with Crippen LogP contribution < -0.4 is 19.5 Å². The highest BCUT2D eigenvalue weighted by Gasteiger charge is 2.21. The van der Waals surface area contributed by atoms with Crippen LogP contribution in [0.4, 0.5) is 10.8 Å². The number of hydrogen-bond acceptors (Lipinski definition) is 7. The number of amides is 1. The van der Waals surface area contributed by atoms with E-state index in [9.17, 15) is 13.2 Å². The molecule has 3 aromatic rings. The van der Waals surface area contributed by atoms with Gasteiger partial charge in [-0.15, -0.1) is 0 Å². The minimum absolute atomic E-state index is 0.0616. The lowest BCUT2D eigenvalue weighted by molar-refractivity contribution is 0.102. The Balaban J connectivity index is 1.80. The Hall–Kier alpha value is -3.11. The van der Waals surface area contributed by atoms with Gasteiger partial charge in [0, 0.05) is 0 Å². The summed E-state index contributed by atoms with van der Waals surface area (Å²) in [6, 6.07) is 11.4. The Bertz CT molecular complexity index is 1170. The number of carbonyl (C=O) groups excluding carboxylic acids is 1. The highest BCUT2D eigenvalue weighted by molar-refractivity contribution is 7.93. The number of carbonyl (C=O) groups is 1. The lowest BCUT2D eigenvalue weighted by atomic mass is 10.2. The van der Waals surface area contributed by atoms with Gasteiger partial charge in [0.15, 0.2) is 5.13 Å². The average molecular weight is 448 g/mol. The second-order valence-electron chi connectivity index (χ2n) is 6.37. The summed E-state index contributed by atoms with van der Waals surface area (Å²) < 4.78 is 37.9. The standard InChI is InChI=1S/C20H21N3O5S2/c1-12-5-10-16(17(11-12)28-4)22-19(24)18-13(2)21-20(29-18)23-30(25,26)15-8-6-14(27-3)7-9-15/h5-11H,1-4H3,(H,21,23)(H,22,24). The second-order valence-corrected chi connectivity index (χ2v) is 9.05. The first-order chi connectivity index (χ1) is 14.2. The van der Waals surface area contributed by atoms with Crippen LogP contribution >= 0.6 is 11.3 Å². The van der Waals surface area contributed by atoms with Gasteiger partial charge in [0.05, 0.1) is 30.5 Å². The van der Waals surface area contributed by atoms with Crippen molar-refractivity contribution >= 4 is 38.1 Å². The zero-order valence-corrected chi connectivity index (χ0v) is 18.5. The molecule has 10 heteroatoms. The maximum absolute atomic E-state index is 12.7. The molecule has 2 aromatic carbocycles. The van der Waals surface area contributed by atoms with Gasteiger partial charge in [0.25, 0.3) is 15.9 Å². The van der Waals surface area contributed by atoms with Gasteiger partial charge >= 0.3 is 0 Å². The molecule has 0 saturated carbocycles. The Labute approximate surface area is 178 Å². The van der Waals surface area contributed by atoms with Crippen LogP contribution in [-0.2, 0) is 10.0 Å². The molecular weight excluding hydrogens is 426 g/mol. The van der Waals surface area contributed by atoms with Gasteiger partial charge in [-0.3, -0.25) is 9.52 Å². The number of aryl methyl sites for hydroxylation is 2. The molecule has 0 aliphatic carbocycles. The first-order valence-corrected chi connectivity index (χ1v) is 11.1. The Morgan fingerprint density at radius 2 is 1.73 bits per heavy atom. The van der Waals surface area contributed by atoms with Crippen LogP contribution in [0.25, 0.3) is 0 Å². The number of nitrogens with one attached hydrogen (secondary N) is 2. The van der Waals surface area contributed by atoms with Crippen molar-refractivity contribution < 1.29 is 22.7 Å². The molecule has 3 rings (SSSR count).